The molecule has 0 bridgehead atoms. The maximum atomic E-state index is 14.5. The molecule has 2 saturated heterocycles. The van der Waals surface area contributed by atoms with E-state index in [4.69, 9.17) is 0 Å². The number of hydrogen-bond donors (Lipinski definition) is 0. The predicted octanol–water partition coefficient (Wildman–Crippen LogP) is 6.10. The largest absolute Gasteiger partial charge is 0.339 e. The van der Waals surface area contributed by atoms with E-state index < -0.39 is 5.82 Å². The fraction of sp³-hybridized carbons (Fsp3) is 0.583. The Kier molecular flexibility index (Phi) is 7.46. The summed E-state index contributed by atoms with van der Waals surface area (Å²) in [4.78, 5) is 36.7. The second-order valence-electron chi connectivity index (χ2n) is 14.8. The Bertz CT molecular complexity index is 1630. The van der Waals surface area contributed by atoms with Crippen LogP contribution in [-0.4, -0.2) is 80.4 Å². The summed E-state index contributed by atoms with van der Waals surface area (Å²) in [7, 11) is 1.76. The molecule has 2 amide bonds. The summed E-state index contributed by atoms with van der Waals surface area (Å²) in [5, 5.41) is 1.17. The van der Waals surface area contributed by atoms with Crippen molar-refractivity contribution in [2.45, 2.75) is 85.9 Å². The lowest BCUT2D eigenvalue weighted by Gasteiger charge is -2.72. The molecule has 5 atom stereocenters. The average molecular weight is 602 g/mol. The first-order valence-corrected chi connectivity index (χ1v) is 16.2. The lowest BCUT2D eigenvalue weighted by Crippen LogP contribution is -2.80. The predicted molar refractivity (Wildman–Crippen MR) is 172 cm³/mol. The molecule has 4 heterocycles. The van der Waals surface area contributed by atoms with Gasteiger partial charge in [-0.2, -0.15) is 0 Å². The smallest absolute Gasteiger partial charge is 0.256 e. The maximum absolute atomic E-state index is 14.5. The van der Waals surface area contributed by atoms with Gasteiger partial charge in [0.2, 0.25) is 5.91 Å². The van der Waals surface area contributed by atoms with Gasteiger partial charge in [-0.1, -0.05) is 20.8 Å². The van der Waals surface area contributed by atoms with Gasteiger partial charge in [-0.15, -0.1) is 0 Å². The average Bonchev–Trinajstić information content (AvgIpc) is 3.31. The molecule has 3 aromatic rings. The minimum atomic E-state index is -0.425. The Morgan fingerprint density at radius 2 is 1.86 bits per heavy atom. The van der Waals surface area contributed by atoms with Gasteiger partial charge in [0.15, 0.2) is 0 Å². The third-order valence-electron chi connectivity index (χ3n) is 12.0. The second kappa shape index (κ2) is 10.7. The summed E-state index contributed by atoms with van der Waals surface area (Å²) in [6.07, 6.45) is 7.88. The number of halogens is 1. The highest BCUT2D eigenvalue weighted by Crippen LogP contribution is 2.61. The summed E-state index contributed by atoms with van der Waals surface area (Å²) in [5.41, 5.74) is 4.37. The lowest BCUT2D eigenvalue weighted by molar-refractivity contribution is -0.225. The van der Waals surface area contributed by atoms with Crippen LogP contribution in [0.4, 0.5) is 4.39 Å². The van der Waals surface area contributed by atoms with Crippen LogP contribution in [0, 0.1) is 35.9 Å². The van der Waals surface area contributed by atoms with E-state index in [1.54, 1.807) is 24.9 Å². The fourth-order valence-electron chi connectivity index (χ4n) is 9.02. The van der Waals surface area contributed by atoms with Crippen LogP contribution in [0.15, 0.2) is 36.8 Å². The molecule has 2 aliphatic heterocycles. The Labute approximate surface area is 261 Å². The van der Waals surface area contributed by atoms with Gasteiger partial charge in [0.25, 0.3) is 5.91 Å². The molecule has 7 nitrogen and oxygen atoms in total. The zero-order valence-electron chi connectivity index (χ0n) is 27.8. The van der Waals surface area contributed by atoms with Crippen LogP contribution in [0.3, 0.4) is 0 Å². The molecular weight excluding hydrogens is 553 g/mol. The van der Waals surface area contributed by atoms with Crippen LogP contribution in [-0.2, 0) is 11.2 Å². The Morgan fingerprint density at radius 1 is 1.16 bits per heavy atom. The van der Waals surface area contributed by atoms with Crippen LogP contribution in [0.25, 0.3) is 16.6 Å². The number of pyridine rings is 1. The molecule has 3 aliphatic rings. The van der Waals surface area contributed by atoms with Crippen molar-refractivity contribution >= 4 is 22.7 Å². The zero-order chi connectivity index (χ0) is 31.9. The molecule has 1 aliphatic carbocycles. The van der Waals surface area contributed by atoms with Crippen LogP contribution >= 0.6 is 0 Å². The highest BCUT2D eigenvalue weighted by Gasteiger charge is 2.67. The van der Waals surface area contributed by atoms with Crippen LogP contribution in [0.1, 0.15) is 76.4 Å². The molecule has 0 spiro atoms. The molecule has 5 unspecified atom stereocenters. The maximum Gasteiger partial charge on any atom is 0.256 e. The van der Waals surface area contributed by atoms with Crippen molar-refractivity contribution in [3.63, 3.8) is 0 Å². The van der Waals surface area contributed by atoms with Crippen molar-refractivity contribution in [2.24, 2.45) is 23.2 Å². The van der Waals surface area contributed by atoms with Gasteiger partial charge < -0.3 is 14.4 Å². The number of benzene rings is 1. The zero-order valence-corrected chi connectivity index (χ0v) is 27.8. The second-order valence-corrected chi connectivity index (χ2v) is 14.8. The number of aryl methyl sites for hydroxylation is 1. The molecule has 0 radical (unpaired) electrons. The molecule has 8 heteroatoms. The Hall–Kier alpha value is -3.26. The van der Waals surface area contributed by atoms with Gasteiger partial charge in [0, 0.05) is 74.4 Å². The van der Waals surface area contributed by atoms with Gasteiger partial charge >= 0.3 is 0 Å². The number of rotatable bonds is 6. The van der Waals surface area contributed by atoms with Crippen molar-refractivity contribution in [1.82, 2.24) is 24.3 Å². The Morgan fingerprint density at radius 3 is 2.52 bits per heavy atom. The van der Waals surface area contributed by atoms with E-state index in [-0.39, 0.29) is 28.8 Å². The quantitative estimate of drug-likeness (QED) is 0.343. The van der Waals surface area contributed by atoms with Crippen LogP contribution < -0.4 is 0 Å². The minimum Gasteiger partial charge on any atom is -0.339 e. The number of amides is 2. The van der Waals surface area contributed by atoms with Gasteiger partial charge in [0.05, 0.1) is 23.0 Å². The van der Waals surface area contributed by atoms with E-state index in [9.17, 15) is 14.0 Å². The first kappa shape index (κ1) is 30.8. The summed E-state index contributed by atoms with van der Waals surface area (Å²) in [6.45, 7) is 20.1. The monoisotopic (exact) mass is 601 g/mol. The number of likely N-dealkylation sites (tertiary alicyclic amines) is 2. The molecule has 1 aromatic carbocycles. The highest BCUT2D eigenvalue weighted by atomic mass is 19.1. The van der Waals surface area contributed by atoms with Crippen molar-refractivity contribution < 1.29 is 14.0 Å². The molecule has 3 fully saturated rings. The van der Waals surface area contributed by atoms with Gasteiger partial charge in [-0.25, -0.2) is 4.39 Å². The molecule has 0 N–H and O–H groups in total. The minimum absolute atomic E-state index is 0.00985. The number of fused-ring (bicyclic) bond motifs is 2. The van der Waals surface area contributed by atoms with E-state index in [1.807, 2.05) is 30.8 Å². The molecule has 2 aromatic heterocycles. The van der Waals surface area contributed by atoms with E-state index in [2.05, 4.69) is 55.6 Å². The first-order valence-electron chi connectivity index (χ1n) is 16.2. The lowest BCUT2D eigenvalue weighted by atomic mass is 9.47. The summed E-state index contributed by atoms with van der Waals surface area (Å²) >= 11 is 0. The van der Waals surface area contributed by atoms with Crippen molar-refractivity contribution in [1.29, 1.82) is 0 Å². The normalized spacial score (nSPS) is 29.0. The number of hydrogen-bond acceptors (Lipinski definition) is 4. The van der Waals surface area contributed by atoms with Crippen molar-refractivity contribution in [2.75, 3.05) is 26.7 Å². The molecule has 44 heavy (non-hydrogen) atoms. The van der Waals surface area contributed by atoms with Crippen molar-refractivity contribution in [3.8, 4) is 5.69 Å². The molecular formula is C36H48FN5O2. The Balaban J connectivity index is 1.25. The highest BCUT2D eigenvalue weighted by molar-refractivity contribution is 5.99. The standard InChI is InChI=1S/C36H48FN5O2/c1-21(2)39(9)34(44)29-13-28(37)10-11-30(29)41-19-27(32-23(4)15-38-16-31(32)41)12-26-17-40(18-26)33-22(3)14-36(8)35(7,24(33)5)20-42(36)25(6)43/h10-11,13,15-16,19,21-22,24,26,33H,12,14,17-18,20H2,1-9H3. The van der Waals surface area contributed by atoms with Crippen molar-refractivity contribution in [3.05, 3.63) is 59.3 Å². The SMILES string of the molecule is CC(=O)N1CC2(C)C(C)C(N3CC(Cc4cn(-c5ccc(F)cc5C(=O)N(C)C(C)C)c5cncc(C)c45)C3)C(C)CC12C. The van der Waals surface area contributed by atoms with E-state index >= 15 is 0 Å². The van der Waals surface area contributed by atoms with Gasteiger partial charge in [-0.3, -0.25) is 19.5 Å². The summed E-state index contributed by atoms with van der Waals surface area (Å²) in [6, 6.07) is 4.99. The molecule has 6 rings (SSSR count). The third kappa shape index (κ3) is 4.50. The summed E-state index contributed by atoms with van der Waals surface area (Å²) < 4.78 is 16.5. The number of carbonyl (C=O) groups is 2. The van der Waals surface area contributed by atoms with E-state index in [0.717, 1.165) is 43.6 Å². The van der Waals surface area contributed by atoms with E-state index in [1.165, 1.54) is 23.1 Å². The third-order valence-corrected chi connectivity index (χ3v) is 12.0. The van der Waals surface area contributed by atoms with E-state index in [0.29, 0.717) is 35.0 Å². The fourth-order valence-corrected chi connectivity index (χ4v) is 9.02. The number of aromatic nitrogens is 2. The number of carbonyl (C=O) groups excluding carboxylic acids is 2. The van der Waals surface area contributed by atoms with Crippen LogP contribution in [0.2, 0.25) is 0 Å². The molecule has 236 valence electrons. The topological polar surface area (TPSA) is 61.7 Å². The molecule has 1 saturated carbocycles. The van der Waals surface area contributed by atoms with Gasteiger partial charge in [-0.05, 0) is 87.6 Å². The first-order chi connectivity index (χ1) is 20.7. The van der Waals surface area contributed by atoms with Crippen LogP contribution in [0.5, 0.6) is 0 Å². The summed E-state index contributed by atoms with van der Waals surface area (Å²) in [5.74, 6) is 1.11. The van der Waals surface area contributed by atoms with Gasteiger partial charge in [0.1, 0.15) is 5.82 Å². The number of nitrogens with zero attached hydrogens (tertiary/aromatic N) is 5.